The summed E-state index contributed by atoms with van der Waals surface area (Å²) in [6, 6.07) is 8.63. The van der Waals surface area contributed by atoms with Crippen LogP contribution in [0.5, 0.6) is 0 Å². The van der Waals surface area contributed by atoms with Crippen LogP contribution in [0.4, 0.5) is 0 Å². The molecule has 0 saturated carbocycles. The first-order valence-corrected chi connectivity index (χ1v) is 10.0. The Kier molecular flexibility index (Phi) is 7.17. The molecule has 3 rings (SSSR count). The Hall–Kier alpha value is -2.25. The number of ether oxygens (including phenoxy) is 1. The second-order valence-electron chi connectivity index (χ2n) is 7.52. The molecular formula is C21H29N3O4. The Morgan fingerprint density at radius 1 is 1.14 bits per heavy atom. The van der Waals surface area contributed by atoms with E-state index in [2.05, 4.69) is 15.5 Å². The first-order valence-electron chi connectivity index (χ1n) is 10.0. The highest BCUT2D eigenvalue weighted by Crippen LogP contribution is 2.15. The molecule has 0 aliphatic carbocycles. The van der Waals surface area contributed by atoms with E-state index in [1.54, 1.807) is 0 Å². The van der Waals surface area contributed by atoms with Crippen molar-refractivity contribution in [3.8, 4) is 0 Å². The van der Waals surface area contributed by atoms with Crippen LogP contribution in [0.25, 0.3) is 0 Å². The lowest BCUT2D eigenvalue weighted by Crippen LogP contribution is -2.51. The number of epoxide rings is 1. The van der Waals surface area contributed by atoms with Crippen LogP contribution in [0.1, 0.15) is 31.7 Å². The van der Waals surface area contributed by atoms with Gasteiger partial charge in [0.15, 0.2) is 5.78 Å². The van der Waals surface area contributed by atoms with E-state index in [0.29, 0.717) is 13.0 Å². The Morgan fingerprint density at radius 2 is 1.82 bits per heavy atom. The molecule has 2 aliphatic heterocycles. The number of ketones is 1. The van der Waals surface area contributed by atoms with Gasteiger partial charge in [-0.2, -0.15) is 0 Å². The SMILES string of the molecule is CC(C(=O)NCC(=O)NC(Cc1ccccc1)C(=O)C1CO1)N1CCCCC1. The van der Waals surface area contributed by atoms with Crippen LogP contribution in [0.2, 0.25) is 0 Å². The van der Waals surface area contributed by atoms with Gasteiger partial charge in [-0.3, -0.25) is 19.3 Å². The predicted octanol–water partition coefficient (Wildman–Crippen LogP) is 0.672. The fourth-order valence-electron chi connectivity index (χ4n) is 3.54. The summed E-state index contributed by atoms with van der Waals surface area (Å²) in [7, 11) is 0. The van der Waals surface area contributed by atoms with Crippen molar-refractivity contribution in [1.82, 2.24) is 15.5 Å². The number of nitrogens with one attached hydrogen (secondary N) is 2. The molecule has 3 atom stereocenters. The zero-order valence-electron chi connectivity index (χ0n) is 16.4. The van der Waals surface area contributed by atoms with E-state index >= 15 is 0 Å². The smallest absolute Gasteiger partial charge is 0.239 e. The van der Waals surface area contributed by atoms with Gasteiger partial charge in [-0.05, 0) is 44.8 Å². The third-order valence-corrected chi connectivity index (χ3v) is 5.35. The molecule has 0 spiro atoms. The highest BCUT2D eigenvalue weighted by atomic mass is 16.6. The lowest BCUT2D eigenvalue weighted by atomic mass is 10.0. The molecule has 0 radical (unpaired) electrons. The van der Waals surface area contributed by atoms with Crippen LogP contribution in [-0.4, -0.2) is 66.9 Å². The number of rotatable bonds is 9. The zero-order chi connectivity index (χ0) is 19.9. The number of carbonyl (C=O) groups is 3. The summed E-state index contributed by atoms with van der Waals surface area (Å²) in [6.07, 6.45) is 3.38. The van der Waals surface area contributed by atoms with Crippen molar-refractivity contribution in [3.63, 3.8) is 0 Å². The first kappa shape index (κ1) is 20.5. The number of carbonyl (C=O) groups excluding carboxylic acids is 3. The number of piperidine rings is 1. The standard InChI is InChI=1S/C21H29N3O4/c1-15(24-10-6-3-7-11-24)21(27)22-13-19(25)23-17(20(26)18-14-28-18)12-16-8-4-2-5-9-16/h2,4-5,8-9,15,17-18H,3,6-7,10-14H2,1H3,(H,22,27)(H,23,25). The van der Waals surface area contributed by atoms with Gasteiger partial charge in [0.25, 0.3) is 0 Å². The molecule has 2 aliphatic rings. The maximum absolute atomic E-state index is 12.5. The van der Waals surface area contributed by atoms with Crippen LogP contribution in [0.3, 0.4) is 0 Å². The Labute approximate surface area is 165 Å². The molecule has 2 saturated heterocycles. The van der Waals surface area contributed by atoms with Gasteiger partial charge in [-0.1, -0.05) is 36.8 Å². The molecule has 0 aromatic heterocycles. The van der Waals surface area contributed by atoms with Crippen LogP contribution in [-0.2, 0) is 25.5 Å². The molecular weight excluding hydrogens is 358 g/mol. The average Bonchev–Trinajstić information content (AvgIpc) is 3.57. The van der Waals surface area contributed by atoms with Gasteiger partial charge in [0, 0.05) is 0 Å². The van der Waals surface area contributed by atoms with Crippen LogP contribution in [0.15, 0.2) is 30.3 Å². The molecule has 2 heterocycles. The number of nitrogens with zero attached hydrogens (tertiary/aromatic N) is 1. The highest BCUT2D eigenvalue weighted by molar-refractivity contribution is 5.95. The summed E-state index contributed by atoms with van der Waals surface area (Å²) in [5, 5.41) is 5.46. The molecule has 7 nitrogen and oxygen atoms in total. The minimum Gasteiger partial charge on any atom is -0.365 e. The minimum absolute atomic E-state index is 0.120. The summed E-state index contributed by atoms with van der Waals surface area (Å²) < 4.78 is 5.09. The van der Waals surface area contributed by atoms with Gasteiger partial charge in [0.1, 0.15) is 6.10 Å². The van der Waals surface area contributed by atoms with E-state index in [-0.39, 0.29) is 30.2 Å². The number of likely N-dealkylation sites (tertiary alicyclic amines) is 1. The van der Waals surface area contributed by atoms with Gasteiger partial charge in [0.2, 0.25) is 11.8 Å². The quantitative estimate of drug-likeness (QED) is 0.608. The van der Waals surface area contributed by atoms with Gasteiger partial charge in [-0.15, -0.1) is 0 Å². The van der Waals surface area contributed by atoms with E-state index in [1.165, 1.54) is 6.42 Å². The van der Waals surface area contributed by atoms with Gasteiger partial charge in [0.05, 0.1) is 25.2 Å². The molecule has 2 amide bonds. The van der Waals surface area contributed by atoms with Crippen molar-refractivity contribution in [3.05, 3.63) is 35.9 Å². The van der Waals surface area contributed by atoms with E-state index in [0.717, 1.165) is 31.5 Å². The molecule has 1 aromatic carbocycles. The monoisotopic (exact) mass is 387 g/mol. The van der Waals surface area contributed by atoms with E-state index in [9.17, 15) is 14.4 Å². The zero-order valence-corrected chi connectivity index (χ0v) is 16.4. The number of hydrogen-bond donors (Lipinski definition) is 2. The molecule has 3 unspecified atom stereocenters. The molecule has 28 heavy (non-hydrogen) atoms. The van der Waals surface area contributed by atoms with Gasteiger partial charge >= 0.3 is 0 Å². The molecule has 152 valence electrons. The normalized spacial score (nSPS) is 21.4. The number of amides is 2. The van der Waals surface area contributed by atoms with Gasteiger partial charge in [-0.25, -0.2) is 0 Å². The fraction of sp³-hybridized carbons (Fsp3) is 0.571. The van der Waals surface area contributed by atoms with E-state index in [4.69, 9.17) is 4.74 Å². The Bertz CT molecular complexity index is 684. The summed E-state index contributed by atoms with van der Waals surface area (Å²) >= 11 is 0. The van der Waals surface area contributed by atoms with Crippen molar-refractivity contribution in [2.75, 3.05) is 26.2 Å². The summed E-state index contributed by atoms with van der Waals surface area (Å²) in [6.45, 7) is 3.96. The topological polar surface area (TPSA) is 91.0 Å². The maximum atomic E-state index is 12.5. The van der Waals surface area contributed by atoms with E-state index < -0.39 is 12.1 Å². The second kappa shape index (κ2) is 9.80. The molecule has 0 bridgehead atoms. The predicted molar refractivity (Wildman–Crippen MR) is 105 cm³/mol. The van der Waals surface area contributed by atoms with Crippen molar-refractivity contribution in [2.45, 2.75) is 50.8 Å². The van der Waals surface area contributed by atoms with Gasteiger partial charge < -0.3 is 15.4 Å². The van der Waals surface area contributed by atoms with Crippen LogP contribution < -0.4 is 10.6 Å². The van der Waals surface area contributed by atoms with Crippen molar-refractivity contribution < 1.29 is 19.1 Å². The third kappa shape index (κ3) is 5.87. The van der Waals surface area contributed by atoms with E-state index in [1.807, 2.05) is 37.3 Å². The maximum Gasteiger partial charge on any atom is 0.239 e. The van der Waals surface area contributed by atoms with Crippen molar-refractivity contribution in [2.24, 2.45) is 0 Å². The lowest BCUT2D eigenvalue weighted by molar-refractivity contribution is -0.131. The number of Topliss-reactive ketones (excluding diaryl/α,β-unsaturated/α-hetero) is 1. The second-order valence-corrected chi connectivity index (χ2v) is 7.52. The molecule has 7 heteroatoms. The first-order chi connectivity index (χ1) is 13.5. The van der Waals surface area contributed by atoms with Crippen LogP contribution >= 0.6 is 0 Å². The molecule has 2 N–H and O–H groups in total. The summed E-state index contributed by atoms with van der Waals surface area (Å²) in [5.41, 5.74) is 0.963. The minimum atomic E-state index is -0.654. The Morgan fingerprint density at radius 3 is 2.46 bits per heavy atom. The number of benzene rings is 1. The van der Waals surface area contributed by atoms with Crippen molar-refractivity contribution >= 4 is 17.6 Å². The lowest BCUT2D eigenvalue weighted by Gasteiger charge is -2.31. The Balaban J connectivity index is 1.50. The molecule has 1 aromatic rings. The third-order valence-electron chi connectivity index (χ3n) is 5.35. The summed E-state index contributed by atoms with van der Waals surface area (Å²) in [4.78, 5) is 39.3. The summed E-state index contributed by atoms with van der Waals surface area (Å²) in [5.74, 6) is -0.646. The number of hydrogen-bond acceptors (Lipinski definition) is 5. The largest absolute Gasteiger partial charge is 0.365 e. The average molecular weight is 387 g/mol. The molecule has 2 fully saturated rings. The van der Waals surface area contributed by atoms with Crippen molar-refractivity contribution in [1.29, 1.82) is 0 Å². The highest BCUT2D eigenvalue weighted by Gasteiger charge is 2.37. The van der Waals surface area contributed by atoms with Crippen LogP contribution in [0, 0.1) is 0 Å². The fourth-order valence-corrected chi connectivity index (χ4v) is 3.54.